The van der Waals surface area contributed by atoms with Crippen molar-refractivity contribution < 1.29 is 0 Å². The molecule has 0 unspecified atom stereocenters. The Morgan fingerprint density at radius 2 is 1.57 bits per heavy atom. The second kappa shape index (κ2) is 7.61. The number of hydrogen-bond donors (Lipinski definition) is 0. The fourth-order valence-corrected chi connectivity index (χ4v) is 4.11. The van der Waals surface area contributed by atoms with Crippen LogP contribution in [-0.4, -0.2) is 60.6 Å². The highest BCUT2D eigenvalue weighted by molar-refractivity contribution is 6.32. The zero-order valence-corrected chi connectivity index (χ0v) is 17.4. The van der Waals surface area contributed by atoms with Crippen LogP contribution in [-0.2, 0) is 0 Å². The van der Waals surface area contributed by atoms with Crippen molar-refractivity contribution >= 4 is 24.8 Å². The van der Waals surface area contributed by atoms with Gasteiger partial charge in [-0.25, -0.2) is 4.98 Å². The normalized spacial score (nSPS) is 15.1. The molecule has 0 aliphatic carbocycles. The van der Waals surface area contributed by atoms with Crippen LogP contribution in [0.4, 0.5) is 5.82 Å². The lowest BCUT2D eigenvalue weighted by atomic mass is 9.94. The molecule has 1 aliphatic heterocycles. The quantitative estimate of drug-likeness (QED) is 0.502. The van der Waals surface area contributed by atoms with E-state index in [9.17, 15) is 0 Å². The van der Waals surface area contributed by atoms with Gasteiger partial charge in [0.15, 0.2) is 5.65 Å². The number of nitrogens with zero attached hydrogens (tertiary/aromatic N) is 5. The summed E-state index contributed by atoms with van der Waals surface area (Å²) in [5, 5.41) is 4.91. The zero-order chi connectivity index (χ0) is 20.7. The van der Waals surface area contributed by atoms with E-state index in [0.717, 1.165) is 71.2 Å². The summed E-state index contributed by atoms with van der Waals surface area (Å²) in [5.41, 5.74) is 6.82. The van der Waals surface area contributed by atoms with E-state index >= 15 is 0 Å². The Hall–Kier alpha value is -3.12. The van der Waals surface area contributed by atoms with Crippen LogP contribution in [0.2, 0.25) is 0 Å². The molecule has 0 saturated carbocycles. The maximum absolute atomic E-state index is 5.92. The lowest BCUT2D eigenvalue weighted by Gasteiger charge is -2.34. The SMILES string of the molecule is [B]c1ccc(-c2c(C)nn3c(N4CCN(C)CC4)cc(-c4ccccc4)nc23)cc1. The Labute approximate surface area is 178 Å². The fourth-order valence-electron chi connectivity index (χ4n) is 4.11. The highest BCUT2D eigenvalue weighted by Crippen LogP contribution is 2.32. The van der Waals surface area contributed by atoms with Crippen molar-refractivity contribution in [2.75, 3.05) is 38.1 Å². The number of aromatic nitrogens is 3. The standard InChI is InChI=1S/C24H24BN5/c1-17-23(19-8-10-20(25)11-9-19)24-26-21(18-6-4-3-5-7-18)16-22(30(24)27-17)29-14-12-28(2)13-15-29/h3-11,16H,12-15H2,1-2H3. The molecule has 4 aromatic rings. The molecule has 1 fully saturated rings. The molecule has 5 rings (SSSR count). The largest absolute Gasteiger partial charge is 0.354 e. The summed E-state index contributed by atoms with van der Waals surface area (Å²) >= 11 is 0. The Bertz CT molecular complexity index is 1180. The van der Waals surface area contributed by atoms with E-state index in [-0.39, 0.29) is 0 Å². The first kappa shape index (κ1) is 18.9. The van der Waals surface area contributed by atoms with E-state index in [1.807, 2.05) is 34.8 Å². The van der Waals surface area contributed by atoms with E-state index in [4.69, 9.17) is 17.9 Å². The minimum atomic E-state index is 0.754. The Morgan fingerprint density at radius 3 is 2.27 bits per heavy atom. The molecule has 0 spiro atoms. The highest BCUT2D eigenvalue weighted by atomic mass is 15.4. The number of anilines is 1. The molecule has 0 N–H and O–H groups in total. The van der Waals surface area contributed by atoms with Gasteiger partial charge in [-0.2, -0.15) is 9.61 Å². The number of hydrogen-bond acceptors (Lipinski definition) is 4. The monoisotopic (exact) mass is 393 g/mol. The van der Waals surface area contributed by atoms with Crippen molar-refractivity contribution in [3.05, 3.63) is 66.4 Å². The van der Waals surface area contributed by atoms with Crippen LogP contribution in [0.1, 0.15) is 5.69 Å². The first-order valence-electron chi connectivity index (χ1n) is 10.4. The summed E-state index contributed by atoms with van der Waals surface area (Å²) in [4.78, 5) is 9.85. The zero-order valence-electron chi connectivity index (χ0n) is 17.4. The number of piperazine rings is 1. The number of likely N-dealkylation sites (N-methyl/N-ethyl adjacent to an activating group) is 1. The predicted octanol–water partition coefficient (Wildman–Crippen LogP) is 2.92. The lowest BCUT2D eigenvalue weighted by molar-refractivity contribution is 0.311. The third-order valence-corrected chi connectivity index (χ3v) is 5.84. The van der Waals surface area contributed by atoms with Gasteiger partial charge in [0.25, 0.3) is 0 Å². The number of aryl methyl sites for hydroxylation is 1. The molecule has 5 nitrogen and oxygen atoms in total. The van der Waals surface area contributed by atoms with E-state index in [1.54, 1.807) is 0 Å². The van der Waals surface area contributed by atoms with Crippen LogP contribution < -0.4 is 10.4 Å². The molecule has 6 heteroatoms. The number of rotatable bonds is 3. The van der Waals surface area contributed by atoms with Crippen molar-refractivity contribution in [2.24, 2.45) is 0 Å². The van der Waals surface area contributed by atoms with Gasteiger partial charge in [-0.15, -0.1) is 0 Å². The lowest BCUT2D eigenvalue weighted by Crippen LogP contribution is -2.45. The highest BCUT2D eigenvalue weighted by Gasteiger charge is 2.22. The topological polar surface area (TPSA) is 36.7 Å². The molecule has 30 heavy (non-hydrogen) atoms. The molecule has 2 aromatic carbocycles. The van der Waals surface area contributed by atoms with E-state index in [0.29, 0.717) is 0 Å². The van der Waals surface area contributed by atoms with Gasteiger partial charge < -0.3 is 9.80 Å². The second-order valence-electron chi connectivity index (χ2n) is 7.97. The van der Waals surface area contributed by atoms with Gasteiger partial charge in [-0.1, -0.05) is 60.1 Å². The summed E-state index contributed by atoms with van der Waals surface area (Å²) in [6.45, 7) is 6.07. The van der Waals surface area contributed by atoms with Crippen molar-refractivity contribution in [1.29, 1.82) is 0 Å². The average Bonchev–Trinajstić information content (AvgIpc) is 3.11. The molecule has 1 saturated heterocycles. The number of fused-ring (bicyclic) bond motifs is 1. The maximum Gasteiger partial charge on any atom is 0.166 e. The summed E-state index contributed by atoms with van der Waals surface area (Å²) in [6.07, 6.45) is 0. The minimum absolute atomic E-state index is 0.754. The van der Waals surface area contributed by atoms with Gasteiger partial charge in [0.2, 0.25) is 0 Å². The molecule has 2 radical (unpaired) electrons. The molecule has 1 aliphatic rings. The van der Waals surface area contributed by atoms with Gasteiger partial charge in [-0.05, 0) is 19.5 Å². The van der Waals surface area contributed by atoms with Crippen LogP contribution in [0.15, 0.2) is 60.7 Å². The van der Waals surface area contributed by atoms with Gasteiger partial charge in [0.1, 0.15) is 13.7 Å². The summed E-state index contributed by atoms with van der Waals surface area (Å²) in [5.74, 6) is 1.09. The third-order valence-electron chi connectivity index (χ3n) is 5.84. The number of benzene rings is 2. The van der Waals surface area contributed by atoms with Gasteiger partial charge in [0, 0.05) is 43.4 Å². The Morgan fingerprint density at radius 1 is 0.867 bits per heavy atom. The van der Waals surface area contributed by atoms with Crippen molar-refractivity contribution in [2.45, 2.75) is 6.92 Å². The first-order chi connectivity index (χ1) is 14.6. The predicted molar refractivity (Wildman–Crippen MR) is 124 cm³/mol. The Kier molecular flexibility index (Phi) is 4.79. The summed E-state index contributed by atoms with van der Waals surface area (Å²) < 4.78 is 2.01. The van der Waals surface area contributed by atoms with E-state index < -0.39 is 0 Å². The molecule has 0 amide bonds. The fraction of sp³-hybridized carbons (Fsp3) is 0.250. The average molecular weight is 393 g/mol. The summed E-state index contributed by atoms with van der Waals surface area (Å²) in [6, 6.07) is 20.5. The van der Waals surface area contributed by atoms with Crippen molar-refractivity contribution in [1.82, 2.24) is 19.5 Å². The van der Waals surface area contributed by atoms with Gasteiger partial charge in [0.05, 0.1) is 11.4 Å². The van der Waals surface area contributed by atoms with E-state index in [2.05, 4.69) is 54.1 Å². The Balaban J connectivity index is 1.74. The summed E-state index contributed by atoms with van der Waals surface area (Å²) in [7, 11) is 8.09. The van der Waals surface area contributed by atoms with Crippen LogP contribution in [0, 0.1) is 6.92 Å². The molecular formula is C24H24BN5. The smallest absolute Gasteiger partial charge is 0.166 e. The maximum atomic E-state index is 5.92. The third kappa shape index (κ3) is 3.37. The molecule has 2 aromatic heterocycles. The second-order valence-corrected chi connectivity index (χ2v) is 7.97. The first-order valence-corrected chi connectivity index (χ1v) is 10.4. The van der Waals surface area contributed by atoms with Crippen LogP contribution in [0.3, 0.4) is 0 Å². The van der Waals surface area contributed by atoms with Crippen LogP contribution >= 0.6 is 0 Å². The molecule has 148 valence electrons. The molecule has 0 bridgehead atoms. The van der Waals surface area contributed by atoms with Crippen LogP contribution in [0.5, 0.6) is 0 Å². The van der Waals surface area contributed by atoms with Gasteiger partial charge >= 0.3 is 0 Å². The van der Waals surface area contributed by atoms with Crippen LogP contribution in [0.25, 0.3) is 28.0 Å². The van der Waals surface area contributed by atoms with E-state index in [1.165, 1.54) is 0 Å². The molecule has 0 atom stereocenters. The van der Waals surface area contributed by atoms with Crippen molar-refractivity contribution in [3.8, 4) is 22.4 Å². The molecular weight excluding hydrogens is 369 g/mol. The van der Waals surface area contributed by atoms with Gasteiger partial charge in [-0.3, -0.25) is 0 Å². The molecule has 3 heterocycles. The minimum Gasteiger partial charge on any atom is -0.354 e. The van der Waals surface area contributed by atoms with Crippen molar-refractivity contribution in [3.63, 3.8) is 0 Å².